The van der Waals surface area contributed by atoms with Crippen molar-refractivity contribution >= 4 is 52.3 Å². The number of likely N-dealkylation sites (N-methyl/N-ethyl adjacent to an activating group) is 1. The summed E-state index contributed by atoms with van der Waals surface area (Å²) < 4.78 is 0. The van der Waals surface area contributed by atoms with Crippen LogP contribution in [0.1, 0.15) is 75.1 Å². The molecule has 9 N–H and O–H groups in total. The first-order chi connectivity index (χ1) is 29.7. The Morgan fingerprint density at radius 1 is 0.730 bits per heavy atom. The minimum Gasteiger partial charge on any atom is -0.507 e. The zero-order chi connectivity index (χ0) is 45.8. The van der Waals surface area contributed by atoms with E-state index >= 15 is 0 Å². The van der Waals surface area contributed by atoms with Gasteiger partial charge in [0.05, 0.1) is 29.0 Å². The van der Waals surface area contributed by atoms with Gasteiger partial charge in [0.15, 0.2) is 57.6 Å². The number of benzene rings is 2. The van der Waals surface area contributed by atoms with E-state index in [1.807, 2.05) is 0 Å². The van der Waals surface area contributed by atoms with Gasteiger partial charge in [-0.2, -0.15) is 0 Å². The van der Waals surface area contributed by atoms with Crippen molar-refractivity contribution in [1.29, 1.82) is 0 Å². The summed E-state index contributed by atoms with van der Waals surface area (Å²) in [7, 11) is 3.05. The first kappa shape index (κ1) is 43.3. The molecule has 5 unspecified atom stereocenters. The summed E-state index contributed by atoms with van der Waals surface area (Å²) in [5, 5.41) is 56.1. The molecule has 0 saturated heterocycles. The molecule has 2 amide bonds. The van der Waals surface area contributed by atoms with Crippen LogP contribution in [0.4, 0.5) is 0 Å². The molecular formula is C46H43N3O14. The standard InChI is InChI=1S/C46H43N3O14/c1-49(2)35-25-16-21-15-24-19(10-12-27(51)32(24)37(54)30(21)40(57)46(25,63)42(59)34(38(35)55)44(48)61)8-6-4-3-5-7-18-9-11-26(50)31-23(18)14-20-13-22-17-28(52)33(43(47)60)41(58)45(22,62)39(56)29(20)36(31)53/h9-12,20-22,25,29-30,33-35,42,50-51,59,62-63H,3-4,13-17H2,1-2H3,(H2,47,60)(H2,48,61)/t20-,21+,22+,25+,29?,30?,33?,34?,35+,42?,45+,46+/m1/s1. The highest BCUT2D eigenvalue weighted by Crippen LogP contribution is 2.53. The number of hydrogen-bond donors (Lipinski definition) is 7. The number of carbonyl (C=O) groups excluding carboxylic acids is 9. The number of rotatable bonds is 4. The molecule has 0 aromatic heterocycles. The van der Waals surface area contributed by atoms with Gasteiger partial charge < -0.3 is 37.0 Å². The number of amides is 2. The molecule has 0 aliphatic heterocycles. The van der Waals surface area contributed by atoms with Gasteiger partial charge in [0.1, 0.15) is 23.5 Å². The number of aromatic hydroxyl groups is 2. The highest BCUT2D eigenvalue weighted by molar-refractivity contribution is 6.31. The van der Waals surface area contributed by atoms with Crippen molar-refractivity contribution in [2.75, 3.05) is 14.1 Å². The number of aliphatic hydroxyl groups is 3. The molecule has 0 spiro atoms. The maximum Gasteiger partial charge on any atom is 0.235 e. The number of nitrogens with zero attached hydrogens (tertiary/aromatic N) is 1. The zero-order valence-corrected chi connectivity index (χ0v) is 34.0. The second kappa shape index (κ2) is 15.2. The van der Waals surface area contributed by atoms with Crippen LogP contribution in [-0.2, 0) is 46.4 Å². The van der Waals surface area contributed by atoms with Crippen molar-refractivity contribution < 1.29 is 68.7 Å². The predicted molar refractivity (Wildman–Crippen MR) is 214 cm³/mol. The molecule has 8 rings (SSSR count). The quantitative estimate of drug-likeness (QED) is 0.104. The van der Waals surface area contributed by atoms with E-state index in [1.165, 1.54) is 43.3 Å². The molecule has 2 aromatic rings. The van der Waals surface area contributed by atoms with Crippen molar-refractivity contribution in [3.8, 4) is 35.2 Å². The van der Waals surface area contributed by atoms with E-state index in [0.717, 1.165) is 0 Å². The lowest BCUT2D eigenvalue weighted by molar-refractivity contribution is -0.203. The van der Waals surface area contributed by atoms with Crippen molar-refractivity contribution in [3.05, 3.63) is 57.6 Å². The lowest BCUT2D eigenvalue weighted by Gasteiger charge is -2.55. The number of primary amides is 2. The zero-order valence-electron chi connectivity index (χ0n) is 34.0. The lowest BCUT2D eigenvalue weighted by Crippen LogP contribution is -2.75. The molecule has 4 saturated carbocycles. The van der Waals surface area contributed by atoms with Gasteiger partial charge >= 0.3 is 0 Å². The Hall–Kier alpha value is -6.37. The fraction of sp³-hybridized carbons (Fsp3) is 0.457. The summed E-state index contributed by atoms with van der Waals surface area (Å²) >= 11 is 0. The molecule has 4 fully saturated rings. The number of ketones is 7. The largest absolute Gasteiger partial charge is 0.507 e. The van der Waals surface area contributed by atoms with Crippen LogP contribution in [0, 0.1) is 71.0 Å². The number of phenolic OH excluding ortho intramolecular Hbond substituents is 2. The fourth-order valence-corrected chi connectivity index (χ4v) is 11.4. The number of aliphatic hydroxyl groups excluding tert-OH is 1. The number of nitrogens with two attached hydrogens (primary N) is 2. The Kier molecular flexibility index (Phi) is 10.4. The molecule has 6 aliphatic carbocycles. The van der Waals surface area contributed by atoms with Gasteiger partial charge in [-0.05, 0) is 87.0 Å². The molecule has 17 nitrogen and oxygen atoms in total. The minimum atomic E-state index is -2.76. The predicted octanol–water partition coefficient (Wildman–Crippen LogP) is -1.52. The summed E-state index contributed by atoms with van der Waals surface area (Å²) in [5.74, 6) is -8.79. The summed E-state index contributed by atoms with van der Waals surface area (Å²) in [6.45, 7) is 0. The maximum atomic E-state index is 14.1. The molecule has 2 aromatic carbocycles. The third kappa shape index (κ3) is 6.20. The van der Waals surface area contributed by atoms with Gasteiger partial charge in [-0.3, -0.25) is 48.1 Å². The number of hydrogen-bond acceptors (Lipinski definition) is 15. The summed E-state index contributed by atoms with van der Waals surface area (Å²) in [5.41, 5.74) is 6.42. The van der Waals surface area contributed by atoms with E-state index in [1.54, 1.807) is 0 Å². The second-order valence-corrected chi connectivity index (χ2v) is 17.8. The van der Waals surface area contributed by atoms with Crippen LogP contribution in [0.15, 0.2) is 24.3 Å². The minimum absolute atomic E-state index is 0.0582. The van der Waals surface area contributed by atoms with Crippen LogP contribution >= 0.6 is 0 Å². The van der Waals surface area contributed by atoms with E-state index in [9.17, 15) is 68.7 Å². The molecule has 17 heteroatoms. The molecule has 0 bridgehead atoms. The van der Waals surface area contributed by atoms with Crippen LogP contribution in [0.25, 0.3) is 0 Å². The smallest absolute Gasteiger partial charge is 0.235 e. The first-order valence-corrected chi connectivity index (χ1v) is 20.5. The molecule has 0 radical (unpaired) electrons. The highest BCUT2D eigenvalue weighted by Gasteiger charge is 2.69. The third-order valence-electron chi connectivity index (χ3n) is 14.3. The molecule has 63 heavy (non-hydrogen) atoms. The van der Waals surface area contributed by atoms with E-state index in [2.05, 4.69) is 23.7 Å². The topological polar surface area (TPSA) is 310 Å². The molecule has 6 aliphatic rings. The van der Waals surface area contributed by atoms with Crippen LogP contribution in [-0.4, -0.2) is 120 Å². The Balaban J connectivity index is 1.02. The lowest BCUT2D eigenvalue weighted by atomic mass is 9.51. The van der Waals surface area contributed by atoms with Crippen molar-refractivity contribution in [2.45, 2.75) is 68.3 Å². The molecule has 0 heterocycles. The van der Waals surface area contributed by atoms with Crippen LogP contribution in [0.2, 0.25) is 0 Å². The van der Waals surface area contributed by atoms with E-state index in [-0.39, 0.29) is 49.7 Å². The highest BCUT2D eigenvalue weighted by atomic mass is 16.4. The van der Waals surface area contributed by atoms with Crippen molar-refractivity contribution in [2.24, 2.45) is 58.8 Å². The van der Waals surface area contributed by atoms with E-state index in [4.69, 9.17) is 11.5 Å². The summed E-state index contributed by atoms with van der Waals surface area (Å²) in [6, 6.07) is 4.35. The third-order valence-corrected chi connectivity index (χ3v) is 14.3. The Bertz CT molecular complexity index is 2650. The second-order valence-electron chi connectivity index (χ2n) is 17.8. The Morgan fingerprint density at radius 2 is 1.24 bits per heavy atom. The normalized spacial score (nSPS) is 34.2. The summed E-state index contributed by atoms with van der Waals surface area (Å²) in [4.78, 5) is 121. The Labute approximate surface area is 359 Å². The number of fused-ring (bicyclic) bond motifs is 6. The van der Waals surface area contributed by atoms with Crippen LogP contribution in [0.3, 0.4) is 0 Å². The average Bonchev–Trinajstić information content (AvgIpc) is 3.20. The number of phenols is 2. The van der Waals surface area contributed by atoms with Gasteiger partial charge in [0.25, 0.3) is 0 Å². The van der Waals surface area contributed by atoms with E-state index in [0.29, 0.717) is 22.3 Å². The van der Waals surface area contributed by atoms with Gasteiger partial charge in [-0.25, -0.2) is 0 Å². The molecule has 12 atom stereocenters. The summed E-state index contributed by atoms with van der Waals surface area (Å²) in [6.07, 6.45) is -2.24. The van der Waals surface area contributed by atoms with Crippen molar-refractivity contribution in [1.82, 2.24) is 4.90 Å². The first-order valence-electron chi connectivity index (χ1n) is 20.5. The average molecular weight is 862 g/mol. The fourth-order valence-electron chi connectivity index (χ4n) is 11.4. The number of Topliss-reactive ketones (excluding diaryl/α,β-unsaturated/α-hetero) is 7. The maximum absolute atomic E-state index is 14.1. The van der Waals surface area contributed by atoms with Gasteiger partial charge in [0.2, 0.25) is 11.8 Å². The molecular weight excluding hydrogens is 819 g/mol. The Morgan fingerprint density at radius 3 is 1.73 bits per heavy atom. The van der Waals surface area contributed by atoms with Crippen molar-refractivity contribution in [3.63, 3.8) is 0 Å². The SMILES string of the molecule is CN(C)[C@@H]1C(=O)C(C(N)=O)C(O)[C@@]2(O)C(=O)C3C(=O)c4c(O)ccc(C#CCCC#Cc5ccc(O)c6c5C[C@H]5C[C@H]7CC(=O)C(C(N)=O)C(=O)[C@@]7(O)C(=O)C5C6=O)c4C[C@H]3C[C@@H]12. The van der Waals surface area contributed by atoms with Gasteiger partial charge in [-0.1, -0.05) is 23.7 Å². The monoisotopic (exact) mass is 861 g/mol. The molecule has 326 valence electrons. The van der Waals surface area contributed by atoms with Crippen LogP contribution < -0.4 is 11.5 Å². The van der Waals surface area contributed by atoms with Gasteiger partial charge in [-0.15, -0.1) is 0 Å². The number of carbonyl (C=O) groups is 9. The van der Waals surface area contributed by atoms with E-state index < -0.39 is 141 Å². The number of unbranched alkanes of at least 4 members (excludes halogenated alkanes) is 1. The van der Waals surface area contributed by atoms with Gasteiger partial charge in [0, 0.05) is 42.2 Å². The van der Waals surface area contributed by atoms with Crippen LogP contribution in [0.5, 0.6) is 11.5 Å².